The number of ether oxygens (including phenoxy) is 1. The largest absolute Gasteiger partial charge is 0.376 e. The van der Waals surface area contributed by atoms with E-state index in [1.165, 1.54) is 11.1 Å². The van der Waals surface area contributed by atoms with Crippen molar-refractivity contribution in [2.75, 3.05) is 11.9 Å². The molecule has 0 aromatic heterocycles. The Hall–Kier alpha value is -0.970. The van der Waals surface area contributed by atoms with Gasteiger partial charge in [0.1, 0.15) is 0 Å². The molecule has 4 heteroatoms. The Morgan fingerprint density at radius 2 is 1.67 bits per heavy atom. The average molecular weight is 363 g/mol. The van der Waals surface area contributed by atoms with Gasteiger partial charge in [0.15, 0.2) is 0 Å². The predicted molar refractivity (Wildman–Crippen MR) is 86.5 cm³/mol. The molecule has 0 unspecified atom stereocenters. The van der Waals surface area contributed by atoms with Crippen molar-refractivity contribution in [1.29, 1.82) is 0 Å². The van der Waals surface area contributed by atoms with Gasteiger partial charge in [-0.3, -0.25) is 0 Å². The summed E-state index contributed by atoms with van der Waals surface area (Å²) in [7, 11) is -1.09. The maximum Gasteiger partial charge on any atom is 0.0855 e. The first-order valence-electron chi connectivity index (χ1n) is 7.04. The minimum Gasteiger partial charge on any atom is -0.376 e. The lowest BCUT2D eigenvalue weighted by molar-refractivity contribution is 0.123. The fraction of sp³-hybridized carbons (Fsp3) is 0.294. The van der Waals surface area contributed by atoms with Gasteiger partial charge in [-0.25, -0.2) is 4.21 Å². The van der Waals surface area contributed by atoms with Crippen LogP contribution < -0.4 is 0 Å². The summed E-state index contributed by atoms with van der Waals surface area (Å²) in [5.41, 5.74) is 2.19. The zero-order chi connectivity index (χ0) is 14.4. The highest BCUT2D eigenvalue weighted by Crippen LogP contribution is 2.50. The minimum absolute atomic E-state index is 0.153. The van der Waals surface area contributed by atoms with Gasteiger partial charge in [0.25, 0.3) is 0 Å². The van der Waals surface area contributed by atoms with Crippen LogP contribution in [0.4, 0.5) is 0 Å². The van der Waals surface area contributed by atoms with Crippen molar-refractivity contribution in [1.82, 2.24) is 0 Å². The van der Waals surface area contributed by atoms with Crippen molar-refractivity contribution in [3.05, 3.63) is 59.7 Å². The molecule has 2 nitrogen and oxygen atoms in total. The van der Waals surface area contributed by atoms with E-state index < -0.39 is 10.8 Å². The number of hydrogen-bond acceptors (Lipinski definition) is 2. The topological polar surface area (TPSA) is 26.3 Å². The van der Waals surface area contributed by atoms with Crippen LogP contribution >= 0.6 is 15.9 Å². The molecule has 21 heavy (non-hydrogen) atoms. The zero-order valence-corrected chi connectivity index (χ0v) is 13.8. The first-order chi connectivity index (χ1) is 10.3. The second-order valence-corrected chi connectivity index (χ2v) is 7.70. The van der Waals surface area contributed by atoms with Crippen molar-refractivity contribution < 1.29 is 8.95 Å². The molecular formula is C17H15BrO2S. The van der Waals surface area contributed by atoms with E-state index in [-0.39, 0.29) is 11.5 Å². The molecular weight excluding hydrogens is 348 g/mol. The highest BCUT2D eigenvalue weighted by Gasteiger charge is 2.48. The quantitative estimate of drug-likeness (QED) is 0.724. The van der Waals surface area contributed by atoms with Crippen LogP contribution in [0.25, 0.3) is 0 Å². The number of fused-ring (bicyclic) bond motifs is 4. The molecule has 1 spiro atoms. The smallest absolute Gasteiger partial charge is 0.0855 e. The van der Waals surface area contributed by atoms with Gasteiger partial charge in [-0.15, -0.1) is 0 Å². The van der Waals surface area contributed by atoms with Gasteiger partial charge in [-0.2, -0.15) is 0 Å². The van der Waals surface area contributed by atoms with Crippen LogP contribution in [-0.2, 0) is 21.0 Å². The van der Waals surface area contributed by atoms with E-state index in [1.807, 2.05) is 36.4 Å². The van der Waals surface area contributed by atoms with Crippen molar-refractivity contribution in [3.63, 3.8) is 0 Å². The van der Waals surface area contributed by atoms with Crippen molar-refractivity contribution in [3.8, 4) is 0 Å². The summed E-state index contributed by atoms with van der Waals surface area (Å²) in [6.07, 6.45) is 1.14. The van der Waals surface area contributed by atoms with Gasteiger partial charge >= 0.3 is 0 Å². The standard InChI is InChI=1S/C17H15BrO2S/c18-10-12-9-17(11-20-12)13-5-1-3-7-15(13)21(19)16-8-4-2-6-14(16)17/h1-8,12H,9-11H2/t12-,17?,21?/m0/s1. The van der Waals surface area contributed by atoms with Gasteiger partial charge in [0.05, 0.1) is 23.5 Å². The molecule has 2 aromatic rings. The maximum absolute atomic E-state index is 12.9. The summed E-state index contributed by atoms with van der Waals surface area (Å²) < 4.78 is 18.9. The number of rotatable bonds is 1. The van der Waals surface area contributed by atoms with E-state index in [1.54, 1.807) is 0 Å². The van der Waals surface area contributed by atoms with Gasteiger partial charge in [-0.1, -0.05) is 52.3 Å². The summed E-state index contributed by atoms with van der Waals surface area (Å²) in [5.74, 6) is 0. The lowest BCUT2D eigenvalue weighted by Gasteiger charge is -2.36. The molecule has 0 aliphatic carbocycles. The minimum atomic E-state index is -1.09. The second kappa shape index (κ2) is 5.04. The molecule has 2 aliphatic heterocycles. The zero-order valence-electron chi connectivity index (χ0n) is 11.4. The van der Waals surface area contributed by atoms with E-state index in [9.17, 15) is 4.21 Å². The van der Waals surface area contributed by atoms with Crippen LogP contribution in [0, 0.1) is 0 Å². The predicted octanol–water partition coefficient (Wildman–Crippen LogP) is 3.64. The number of halogens is 1. The van der Waals surface area contributed by atoms with Crippen molar-refractivity contribution in [2.45, 2.75) is 27.7 Å². The van der Waals surface area contributed by atoms with E-state index in [0.717, 1.165) is 21.5 Å². The van der Waals surface area contributed by atoms with E-state index in [4.69, 9.17) is 4.74 Å². The van der Waals surface area contributed by atoms with E-state index in [2.05, 4.69) is 28.1 Å². The molecule has 1 atom stereocenters. The third kappa shape index (κ3) is 1.89. The Morgan fingerprint density at radius 1 is 1.10 bits per heavy atom. The molecule has 2 aliphatic rings. The Bertz CT molecular complexity index is 679. The molecule has 108 valence electrons. The van der Waals surface area contributed by atoms with Gasteiger partial charge in [0, 0.05) is 20.5 Å². The molecule has 4 rings (SSSR count). The van der Waals surface area contributed by atoms with E-state index in [0.29, 0.717) is 6.61 Å². The van der Waals surface area contributed by atoms with Crippen molar-refractivity contribution >= 4 is 26.7 Å². The lowest BCUT2D eigenvalue weighted by atomic mass is 9.72. The molecule has 0 bridgehead atoms. The Labute approximate surface area is 135 Å². The van der Waals surface area contributed by atoms with Gasteiger partial charge < -0.3 is 4.74 Å². The summed E-state index contributed by atoms with van der Waals surface area (Å²) >= 11 is 3.53. The molecule has 1 fully saturated rings. The van der Waals surface area contributed by atoms with Crippen LogP contribution in [-0.4, -0.2) is 22.2 Å². The second-order valence-electron chi connectivity index (χ2n) is 5.63. The fourth-order valence-electron chi connectivity index (χ4n) is 3.55. The molecule has 0 saturated carbocycles. The number of alkyl halides is 1. The first-order valence-corrected chi connectivity index (χ1v) is 9.32. The molecule has 2 aromatic carbocycles. The Kier molecular flexibility index (Phi) is 3.28. The summed E-state index contributed by atoms with van der Waals surface area (Å²) in [4.78, 5) is 1.88. The van der Waals surface area contributed by atoms with Crippen LogP contribution in [0.15, 0.2) is 58.3 Å². The van der Waals surface area contributed by atoms with Gasteiger partial charge in [0.2, 0.25) is 0 Å². The number of benzene rings is 2. The first kappa shape index (κ1) is 13.7. The SMILES string of the molecule is O=S1c2ccccc2C2(CO[C@H](CBr)C2)c2ccccc21. The van der Waals surface area contributed by atoms with Crippen LogP contribution in [0.5, 0.6) is 0 Å². The average Bonchev–Trinajstić information content (AvgIpc) is 2.98. The summed E-state index contributed by atoms with van der Waals surface area (Å²) in [6.45, 7) is 0.661. The highest BCUT2D eigenvalue weighted by molar-refractivity contribution is 9.09. The molecule has 1 saturated heterocycles. The molecule has 0 N–H and O–H groups in total. The Balaban J connectivity index is 1.99. The molecule has 2 heterocycles. The van der Waals surface area contributed by atoms with Crippen LogP contribution in [0.2, 0.25) is 0 Å². The third-order valence-electron chi connectivity index (χ3n) is 4.52. The summed E-state index contributed by atoms with van der Waals surface area (Å²) in [5, 5.41) is 0.835. The lowest BCUT2D eigenvalue weighted by Crippen LogP contribution is -2.34. The number of hydrogen-bond donors (Lipinski definition) is 0. The highest BCUT2D eigenvalue weighted by atomic mass is 79.9. The molecule has 0 radical (unpaired) electrons. The monoisotopic (exact) mass is 362 g/mol. The fourth-order valence-corrected chi connectivity index (χ4v) is 5.54. The Morgan fingerprint density at radius 3 is 2.19 bits per heavy atom. The summed E-state index contributed by atoms with van der Waals surface area (Å²) in [6, 6.07) is 16.2. The maximum atomic E-state index is 12.9. The van der Waals surface area contributed by atoms with Crippen LogP contribution in [0.3, 0.4) is 0 Å². The van der Waals surface area contributed by atoms with Crippen LogP contribution in [0.1, 0.15) is 17.5 Å². The van der Waals surface area contributed by atoms with Gasteiger partial charge in [-0.05, 0) is 29.7 Å². The normalized spacial score (nSPS) is 30.1. The van der Waals surface area contributed by atoms with Crippen molar-refractivity contribution in [2.24, 2.45) is 0 Å². The third-order valence-corrected chi connectivity index (χ3v) is 6.75. The molecule has 0 amide bonds. The van der Waals surface area contributed by atoms with E-state index >= 15 is 0 Å².